The van der Waals surface area contributed by atoms with Crippen molar-refractivity contribution in [3.05, 3.63) is 58.0 Å². The van der Waals surface area contributed by atoms with Crippen LogP contribution in [0.3, 0.4) is 0 Å². The Labute approximate surface area is 145 Å². The normalized spacial score (nSPS) is 16.6. The van der Waals surface area contributed by atoms with Crippen molar-refractivity contribution in [3.63, 3.8) is 0 Å². The number of carbonyl (C=O) groups is 1. The molecule has 1 aromatic heterocycles. The van der Waals surface area contributed by atoms with Crippen molar-refractivity contribution < 1.29 is 9.90 Å². The molecule has 1 unspecified atom stereocenters. The Hall–Kier alpha value is -2.42. The maximum atomic E-state index is 12.1. The molecule has 4 nitrogen and oxygen atoms in total. The fourth-order valence-electron chi connectivity index (χ4n) is 2.91. The molecule has 1 aliphatic rings. The topological polar surface area (TPSA) is 73.1 Å². The van der Waals surface area contributed by atoms with E-state index in [1.54, 1.807) is 6.08 Å². The van der Waals surface area contributed by atoms with Gasteiger partial charge in [0, 0.05) is 17.6 Å². The maximum absolute atomic E-state index is 12.1. The highest BCUT2D eigenvalue weighted by molar-refractivity contribution is 7.16. The first-order valence-electron chi connectivity index (χ1n) is 7.91. The van der Waals surface area contributed by atoms with Crippen molar-refractivity contribution in [1.29, 1.82) is 5.26 Å². The number of nitrogens with one attached hydrogen (secondary N) is 1. The van der Waals surface area contributed by atoms with Crippen molar-refractivity contribution >= 4 is 28.3 Å². The molecule has 0 aliphatic heterocycles. The Morgan fingerprint density at radius 1 is 1.42 bits per heavy atom. The number of aliphatic hydroxyl groups is 1. The maximum Gasteiger partial charge on any atom is 0.249 e. The molecule has 0 saturated carbocycles. The van der Waals surface area contributed by atoms with E-state index in [2.05, 4.69) is 11.4 Å². The highest BCUT2D eigenvalue weighted by Crippen LogP contribution is 2.39. The lowest BCUT2D eigenvalue weighted by Gasteiger charge is -2.19. The van der Waals surface area contributed by atoms with Gasteiger partial charge in [-0.05, 0) is 42.4 Å². The molecule has 5 heteroatoms. The molecule has 1 heterocycles. The minimum Gasteiger partial charge on any atom is -0.396 e. The number of hydrogen-bond acceptors (Lipinski definition) is 4. The lowest BCUT2D eigenvalue weighted by atomic mass is 9.88. The summed E-state index contributed by atoms with van der Waals surface area (Å²) in [6, 6.07) is 11.8. The van der Waals surface area contributed by atoms with Gasteiger partial charge in [0.15, 0.2) is 0 Å². The SMILES string of the molecule is N#Cc1c(NC(=O)C=Cc2ccccc2)sc2c1CCC(CO)C2. The van der Waals surface area contributed by atoms with Crippen LogP contribution in [-0.2, 0) is 17.6 Å². The standard InChI is InChI=1S/C19H18N2O2S/c20-11-16-15-8-6-14(12-22)10-17(15)24-19(16)21-18(23)9-7-13-4-2-1-3-5-13/h1-5,7,9,14,22H,6,8,10,12H2,(H,21,23). The van der Waals surface area contributed by atoms with Gasteiger partial charge in [-0.3, -0.25) is 4.79 Å². The number of nitriles is 1. The van der Waals surface area contributed by atoms with Crippen molar-refractivity contribution in [3.8, 4) is 6.07 Å². The van der Waals surface area contributed by atoms with Gasteiger partial charge in [0.1, 0.15) is 11.1 Å². The smallest absolute Gasteiger partial charge is 0.249 e. The molecule has 3 rings (SSSR count). The molecule has 24 heavy (non-hydrogen) atoms. The summed E-state index contributed by atoms with van der Waals surface area (Å²) in [5.41, 5.74) is 2.56. The highest BCUT2D eigenvalue weighted by atomic mass is 32.1. The number of hydrogen-bond donors (Lipinski definition) is 2. The third-order valence-corrected chi connectivity index (χ3v) is 5.37. The van der Waals surface area contributed by atoms with Crippen LogP contribution < -0.4 is 5.32 Å². The number of nitrogens with zero attached hydrogens (tertiary/aromatic N) is 1. The average Bonchev–Trinajstić information content (AvgIpc) is 2.96. The highest BCUT2D eigenvalue weighted by Gasteiger charge is 2.25. The van der Waals surface area contributed by atoms with Crippen molar-refractivity contribution in [2.45, 2.75) is 19.3 Å². The number of amides is 1. The van der Waals surface area contributed by atoms with Gasteiger partial charge in [0.05, 0.1) is 5.56 Å². The minimum absolute atomic E-state index is 0.167. The Balaban J connectivity index is 1.76. The molecule has 0 saturated heterocycles. The van der Waals surface area contributed by atoms with E-state index in [0.717, 1.165) is 35.3 Å². The van der Waals surface area contributed by atoms with Crippen LogP contribution in [0.15, 0.2) is 36.4 Å². The lowest BCUT2D eigenvalue weighted by molar-refractivity contribution is -0.111. The number of benzene rings is 1. The van der Waals surface area contributed by atoms with E-state index in [-0.39, 0.29) is 18.4 Å². The van der Waals surface area contributed by atoms with E-state index >= 15 is 0 Å². The minimum atomic E-state index is -0.243. The zero-order valence-corrected chi connectivity index (χ0v) is 14.0. The molecule has 2 N–H and O–H groups in total. The molecule has 122 valence electrons. The summed E-state index contributed by atoms with van der Waals surface area (Å²) in [5.74, 6) is 0.0110. The van der Waals surface area contributed by atoms with Crippen LogP contribution in [0.2, 0.25) is 0 Å². The van der Waals surface area contributed by atoms with Gasteiger partial charge >= 0.3 is 0 Å². The monoisotopic (exact) mass is 338 g/mol. The summed E-state index contributed by atoms with van der Waals surface area (Å²) < 4.78 is 0. The average molecular weight is 338 g/mol. The quantitative estimate of drug-likeness (QED) is 0.840. The number of rotatable bonds is 4. The first-order chi connectivity index (χ1) is 11.7. The van der Waals surface area contributed by atoms with Crippen LogP contribution in [0.4, 0.5) is 5.00 Å². The van der Waals surface area contributed by atoms with Gasteiger partial charge in [0.2, 0.25) is 5.91 Å². The molecule has 1 aliphatic carbocycles. The number of carbonyl (C=O) groups excluding carboxylic acids is 1. The lowest BCUT2D eigenvalue weighted by Crippen LogP contribution is -2.16. The molecule has 0 spiro atoms. The van der Waals surface area contributed by atoms with Crippen LogP contribution in [0.5, 0.6) is 0 Å². The molecule has 0 fully saturated rings. The van der Waals surface area contributed by atoms with E-state index in [1.165, 1.54) is 17.4 Å². The largest absolute Gasteiger partial charge is 0.396 e. The van der Waals surface area contributed by atoms with Crippen LogP contribution in [0.1, 0.15) is 28.0 Å². The van der Waals surface area contributed by atoms with Crippen LogP contribution in [-0.4, -0.2) is 17.6 Å². The van der Waals surface area contributed by atoms with Crippen molar-refractivity contribution in [1.82, 2.24) is 0 Å². The van der Waals surface area contributed by atoms with Crippen LogP contribution in [0, 0.1) is 17.2 Å². The van der Waals surface area contributed by atoms with Crippen LogP contribution in [0.25, 0.3) is 6.08 Å². The molecule has 1 aromatic carbocycles. The Morgan fingerprint density at radius 2 is 2.21 bits per heavy atom. The second-order valence-corrected chi connectivity index (χ2v) is 6.95. The third-order valence-electron chi connectivity index (χ3n) is 4.20. The third kappa shape index (κ3) is 3.56. The molecule has 2 aromatic rings. The number of fused-ring (bicyclic) bond motifs is 1. The van der Waals surface area contributed by atoms with Gasteiger partial charge in [-0.15, -0.1) is 11.3 Å². The van der Waals surface area contributed by atoms with Crippen molar-refractivity contribution in [2.24, 2.45) is 5.92 Å². The van der Waals surface area contributed by atoms with Gasteiger partial charge in [0.25, 0.3) is 0 Å². The Morgan fingerprint density at radius 3 is 2.92 bits per heavy atom. The second-order valence-electron chi connectivity index (χ2n) is 5.84. The Bertz CT molecular complexity index is 803. The van der Waals surface area contributed by atoms with Gasteiger partial charge in [-0.2, -0.15) is 5.26 Å². The fourth-order valence-corrected chi connectivity index (χ4v) is 4.22. The molecule has 0 bridgehead atoms. The number of aliphatic hydroxyl groups excluding tert-OH is 1. The predicted molar refractivity (Wildman–Crippen MR) is 95.7 cm³/mol. The van der Waals surface area contributed by atoms with Gasteiger partial charge < -0.3 is 10.4 Å². The first-order valence-corrected chi connectivity index (χ1v) is 8.72. The van der Waals surface area contributed by atoms with Crippen molar-refractivity contribution in [2.75, 3.05) is 11.9 Å². The number of anilines is 1. The Kier molecular flexibility index (Phi) is 5.09. The summed E-state index contributed by atoms with van der Waals surface area (Å²) in [6.07, 6.45) is 5.68. The summed E-state index contributed by atoms with van der Waals surface area (Å²) in [6.45, 7) is 0.167. The van der Waals surface area contributed by atoms with Crippen LogP contribution >= 0.6 is 11.3 Å². The van der Waals surface area contributed by atoms with E-state index in [0.29, 0.717) is 10.6 Å². The molecular weight excluding hydrogens is 320 g/mol. The first kappa shape index (κ1) is 16.4. The zero-order valence-electron chi connectivity index (χ0n) is 13.2. The fraction of sp³-hybridized carbons (Fsp3) is 0.263. The molecule has 1 amide bonds. The van der Waals surface area contributed by atoms with E-state index in [4.69, 9.17) is 0 Å². The second kappa shape index (κ2) is 7.43. The van der Waals surface area contributed by atoms with E-state index < -0.39 is 0 Å². The predicted octanol–water partition coefficient (Wildman–Crippen LogP) is 3.37. The van der Waals surface area contributed by atoms with Gasteiger partial charge in [-0.1, -0.05) is 30.3 Å². The summed E-state index contributed by atoms with van der Waals surface area (Å²) in [5, 5.41) is 22.2. The van der Waals surface area contributed by atoms with E-state index in [9.17, 15) is 15.2 Å². The molecule has 0 radical (unpaired) electrons. The summed E-state index contributed by atoms with van der Waals surface area (Å²) in [7, 11) is 0. The van der Waals surface area contributed by atoms with Gasteiger partial charge in [-0.25, -0.2) is 0 Å². The summed E-state index contributed by atoms with van der Waals surface area (Å²) in [4.78, 5) is 13.3. The zero-order chi connectivity index (χ0) is 16.9. The molecular formula is C19H18N2O2S. The molecule has 1 atom stereocenters. The van der Waals surface area contributed by atoms with E-state index in [1.807, 2.05) is 30.3 Å². The summed E-state index contributed by atoms with van der Waals surface area (Å²) >= 11 is 1.46. The number of thiophene rings is 1.